The van der Waals surface area contributed by atoms with E-state index in [4.69, 9.17) is 5.11 Å². The second kappa shape index (κ2) is 10.0. The highest BCUT2D eigenvalue weighted by molar-refractivity contribution is 5.14. The van der Waals surface area contributed by atoms with Crippen LogP contribution in [0, 0.1) is 0 Å². The Balaban J connectivity index is 0.000000292. The molecule has 0 saturated carbocycles. The zero-order chi connectivity index (χ0) is 10.6. The van der Waals surface area contributed by atoms with Gasteiger partial charge in [-0.2, -0.15) is 0 Å². The molecule has 0 fully saturated rings. The van der Waals surface area contributed by atoms with E-state index in [0.29, 0.717) is 0 Å². The molecule has 0 radical (unpaired) electrons. The highest BCUT2D eigenvalue weighted by Gasteiger charge is 1.85. The molecule has 0 aromatic heterocycles. The van der Waals surface area contributed by atoms with Crippen LogP contribution in [0.2, 0.25) is 0 Å². The van der Waals surface area contributed by atoms with Crippen molar-refractivity contribution in [3.8, 4) is 0 Å². The van der Waals surface area contributed by atoms with Gasteiger partial charge in [0.2, 0.25) is 0 Å². The molecule has 0 amide bonds. The van der Waals surface area contributed by atoms with E-state index in [2.05, 4.69) is 13.5 Å². The minimum Gasteiger partial charge on any atom is -0.396 e. The van der Waals surface area contributed by atoms with Crippen LogP contribution in [-0.2, 0) is 6.42 Å². The van der Waals surface area contributed by atoms with E-state index in [1.54, 1.807) is 0 Å². The number of hydrogen-bond donors (Lipinski definition) is 1. The first kappa shape index (κ1) is 12.9. The Kier molecular flexibility index (Phi) is 9.23. The highest BCUT2D eigenvalue weighted by atomic mass is 16.2. The Bertz CT molecular complexity index is 216. The Hall–Kier alpha value is -1.08. The maximum absolute atomic E-state index is 8.52. The lowest BCUT2D eigenvalue weighted by Crippen LogP contribution is -1.88. The SMILES string of the molecule is C=CCCC.OCCc1ccccc1. The molecule has 78 valence electrons. The smallest absolute Gasteiger partial charge is 0.0471 e. The number of allylic oxidation sites excluding steroid dienone is 1. The van der Waals surface area contributed by atoms with Crippen molar-refractivity contribution >= 4 is 0 Å². The quantitative estimate of drug-likeness (QED) is 0.726. The fraction of sp³-hybridized carbons (Fsp3) is 0.385. The van der Waals surface area contributed by atoms with E-state index in [-0.39, 0.29) is 6.61 Å². The van der Waals surface area contributed by atoms with Crippen LogP contribution in [0.3, 0.4) is 0 Å². The van der Waals surface area contributed by atoms with Crippen LogP contribution < -0.4 is 0 Å². The van der Waals surface area contributed by atoms with Crippen molar-refractivity contribution in [2.75, 3.05) is 6.61 Å². The summed E-state index contributed by atoms with van der Waals surface area (Å²) >= 11 is 0. The van der Waals surface area contributed by atoms with Crippen LogP contribution in [0.1, 0.15) is 25.3 Å². The zero-order valence-electron chi connectivity index (χ0n) is 8.95. The van der Waals surface area contributed by atoms with Crippen molar-refractivity contribution in [2.24, 2.45) is 0 Å². The molecule has 0 saturated heterocycles. The molecule has 0 unspecified atom stereocenters. The van der Waals surface area contributed by atoms with Crippen LogP contribution in [-0.4, -0.2) is 11.7 Å². The normalized spacial score (nSPS) is 8.71. The van der Waals surface area contributed by atoms with Crippen LogP contribution in [0.25, 0.3) is 0 Å². The average molecular weight is 192 g/mol. The topological polar surface area (TPSA) is 20.2 Å². The summed E-state index contributed by atoms with van der Waals surface area (Å²) in [7, 11) is 0. The molecule has 1 heteroatoms. The van der Waals surface area contributed by atoms with Crippen molar-refractivity contribution in [2.45, 2.75) is 26.2 Å². The molecule has 1 nitrogen and oxygen atoms in total. The van der Waals surface area contributed by atoms with Crippen molar-refractivity contribution in [3.63, 3.8) is 0 Å². The number of rotatable bonds is 4. The van der Waals surface area contributed by atoms with Gasteiger partial charge in [0.15, 0.2) is 0 Å². The standard InChI is InChI=1S/C8H10O.C5H10/c9-7-6-8-4-2-1-3-5-8;1-3-5-4-2/h1-5,9H,6-7H2;3H,1,4-5H2,2H3. The van der Waals surface area contributed by atoms with E-state index >= 15 is 0 Å². The summed E-state index contributed by atoms with van der Waals surface area (Å²) < 4.78 is 0. The molecular formula is C13H20O. The summed E-state index contributed by atoms with van der Waals surface area (Å²) in [6, 6.07) is 9.95. The Morgan fingerprint density at radius 1 is 1.29 bits per heavy atom. The second-order valence-corrected chi connectivity index (χ2v) is 3.04. The molecule has 1 rings (SSSR count). The first-order chi connectivity index (χ1) is 6.85. The maximum Gasteiger partial charge on any atom is 0.0471 e. The van der Waals surface area contributed by atoms with Gasteiger partial charge in [0.25, 0.3) is 0 Å². The molecule has 14 heavy (non-hydrogen) atoms. The van der Waals surface area contributed by atoms with Crippen LogP contribution >= 0.6 is 0 Å². The van der Waals surface area contributed by atoms with E-state index in [1.165, 1.54) is 12.0 Å². The van der Waals surface area contributed by atoms with Crippen molar-refractivity contribution in [1.82, 2.24) is 0 Å². The lowest BCUT2D eigenvalue weighted by molar-refractivity contribution is 0.299. The Morgan fingerprint density at radius 3 is 2.29 bits per heavy atom. The number of benzene rings is 1. The summed E-state index contributed by atoms with van der Waals surface area (Å²) in [5.74, 6) is 0. The van der Waals surface area contributed by atoms with E-state index in [1.807, 2.05) is 36.4 Å². The highest BCUT2D eigenvalue weighted by Crippen LogP contribution is 1.97. The molecule has 0 heterocycles. The molecule has 0 atom stereocenters. The van der Waals surface area contributed by atoms with E-state index in [9.17, 15) is 0 Å². The van der Waals surface area contributed by atoms with E-state index in [0.717, 1.165) is 12.8 Å². The number of aliphatic hydroxyl groups is 1. The molecule has 1 aromatic carbocycles. The summed E-state index contributed by atoms with van der Waals surface area (Å²) in [4.78, 5) is 0. The number of aliphatic hydroxyl groups excluding tert-OH is 1. The molecular weight excluding hydrogens is 172 g/mol. The fourth-order valence-corrected chi connectivity index (χ4v) is 0.978. The van der Waals surface area contributed by atoms with Crippen molar-refractivity contribution in [1.29, 1.82) is 0 Å². The molecule has 0 spiro atoms. The lowest BCUT2D eigenvalue weighted by atomic mass is 10.2. The molecule has 0 aliphatic carbocycles. The molecule has 0 aliphatic rings. The van der Waals surface area contributed by atoms with E-state index < -0.39 is 0 Å². The van der Waals surface area contributed by atoms with Gasteiger partial charge in [0.1, 0.15) is 0 Å². The largest absolute Gasteiger partial charge is 0.396 e. The monoisotopic (exact) mass is 192 g/mol. The van der Waals surface area contributed by atoms with Crippen LogP contribution in [0.4, 0.5) is 0 Å². The Morgan fingerprint density at radius 2 is 1.93 bits per heavy atom. The summed E-state index contributed by atoms with van der Waals surface area (Å²) in [5.41, 5.74) is 1.19. The molecule has 0 aliphatic heterocycles. The molecule has 1 N–H and O–H groups in total. The molecule has 1 aromatic rings. The van der Waals surface area contributed by atoms with Crippen molar-refractivity contribution < 1.29 is 5.11 Å². The molecule has 0 bridgehead atoms. The first-order valence-electron chi connectivity index (χ1n) is 5.10. The summed E-state index contributed by atoms with van der Waals surface area (Å²) in [6.07, 6.45) is 5.07. The predicted molar refractivity (Wildman–Crippen MR) is 62.3 cm³/mol. The minimum atomic E-state index is 0.240. The van der Waals surface area contributed by atoms with Gasteiger partial charge < -0.3 is 5.11 Å². The number of hydrogen-bond acceptors (Lipinski definition) is 1. The van der Waals surface area contributed by atoms with Crippen molar-refractivity contribution in [3.05, 3.63) is 48.6 Å². The first-order valence-corrected chi connectivity index (χ1v) is 5.10. The maximum atomic E-state index is 8.52. The van der Waals surface area contributed by atoms with Gasteiger partial charge in [-0.25, -0.2) is 0 Å². The Labute approximate surface area is 87.1 Å². The average Bonchev–Trinajstić information content (AvgIpc) is 2.22. The van der Waals surface area contributed by atoms with Gasteiger partial charge in [-0.3, -0.25) is 0 Å². The van der Waals surface area contributed by atoms with Gasteiger partial charge in [0.05, 0.1) is 0 Å². The van der Waals surface area contributed by atoms with Gasteiger partial charge in [0, 0.05) is 6.61 Å². The lowest BCUT2D eigenvalue weighted by Gasteiger charge is -1.93. The minimum absolute atomic E-state index is 0.240. The van der Waals surface area contributed by atoms with Gasteiger partial charge in [-0.05, 0) is 18.4 Å². The summed E-state index contributed by atoms with van der Waals surface area (Å²) in [6.45, 7) is 5.93. The third-order valence-corrected chi connectivity index (χ3v) is 1.74. The zero-order valence-corrected chi connectivity index (χ0v) is 8.95. The third-order valence-electron chi connectivity index (χ3n) is 1.74. The van der Waals surface area contributed by atoms with Gasteiger partial charge in [-0.15, -0.1) is 6.58 Å². The third kappa shape index (κ3) is 7.56. The summed E-state index contributed by atoms with van der Waals surface area (Å²) in [5, 5.41) is 8.52. The van der Waals surface area contributed by atoms with Crippen LogP contribution in [0.15, 0.2) is 43.0 Å². The van der Waals surface area contributed by atoms with Crippen LogP contribution in [0.5, 0.6) is 0 Å². The second-order valence-electron chi connectivity index (χ2n) is 3.04. The predicted octanol–water partition coefficient (Wildman–Crippen LogP) is 3.19. The van der Waals surface area contributed by atoms with Gasteiger partial charge in [-0.1, -0.05) is 49.8 Å². The van der Waals surface area contributed by atoms with Gasteiger partial charge >= 0.3 is 0 Å². The number of unbranched alkanes of at least 4 members (excludes halogenated alkanes) is 1. The fourth-order valence-electron chi connectivity index (χ4n) is 0.978.